The third-order valence-electron chi connectivity index (χ3n) is 5.49. The minimum absolute atomic E-state index is 0.0707. The van der Waals surface area contributed by atoms with Crippen molar-refractivity contribution in [3.8, 4) is 22.9 Å². The van der Waals surface area contributed by atoms with Crippen LogP contribution in [0.2, 0.25) is 0 Å². The number of allylic oxidation sites excluding steroid dienone is 3. The fourth-order valence-electron chi connectivity index (χ4n) is 3.91. The topological polar surface area (TPSA) is 71.8 Å². The summed E-state index contributed by atoms with van der Waals surface area (Å²) in [6.07, 6.45) is 7.85. The van der Waals surface area contributed by atoms with Crippen molar-refractivity contribution < 1.29 is 18.9 Å². The van der Waals surface area contributed by atoms with Crippen LogP contribution in [0.15, 0.2) is 66.2 Å². The predicted molar refractivity (Wildman–Crippen MR) is 122 cm³/mol. The van der Waals surface area contributed by atoms with Gasteiger partial charge in [-0.3, -0.25) is 4.57 Å². The van der Waals surface area contributed by atoms with Crippen LogP contribution < -0.4 is 15.2 Å². The lowest BCUT2D eigenvalue weighted by atomic mass is 9.97. The molecule has 3 heterocycles. The van der Waals surface area contributed by atoms with Crippen molar-refractivity contribution in [1.29, 1.82) is 0 Å². The molecule has 0 spiro atoms. The highest BCUT2D eigenvalue weighted by Gasteiger charge is 2.21. The van der Waals surface area contributed by atoms with E-state index in [9.17, 15) is 4.79 Å². The Bertz CT molecular complexity index is 1070. The molecule has 1 aromatic carbocycles. The predicted octanol–water partition coefficient (Wildman–Crippen LogP) is 3.68. The Labute approximate surface area is 187 Å². The molecule has 7 nitrogen and oxygen atoms in total. The molecule has 2 aromatic rings. The summed E-state index contributed by atoms with van der Waals surface area (Å²) < 4.78 is 24.5. The van der Waals surface area contributed by atoms with Gasteiger partial charge in [-0.05, 0) is 55.2 Å². The van der Waals surface area contributed by atoms with Crippen LogP contribution in [0.1, 0.15) is 18.4 Å². The molecule has 1 atom stereocenters. The average Bonchev–Trinajstić information content (AvgIpc) is 3.33. The van der Waals surface area contributed by atoms with E-state index in [1.54, 1.807) is 22.8 Å². The molecule has 1 aromatic heterocycles. The van der Waals surface area contributed by atoms with E-state index < -0.39 is 0 Å². The molecule has 1 saturated heterocycles. The van der Waals surface area contributed by atoms with Crippen LogP contribution in [0.25, 0.3) is 11.3 Å². The maximum Gasteiger partial charge on any atom is 0.351 e. The van der Waals surface area contributed by atoms with E-state index in [0.717, 1.165) is 48.4 Å². The standard InChI is InChI=1S/C25H28N2O5/c1-3-6-19(4-2)30-13-14-31-20-8-9-22-18(15-20)10-11-27-23(22)16-24(26-25(27)28)32-17-21-7-5-12-29-21/h3-4,6,8-9,15-16,21H,1-2,5,7,10-14,17H2/b19-6+. The first kappa shape index (κ1) is 21.9. The zero-order chi connectivity index (χ0) is 22.3. The first-order valence-corrected chi connectivity index (χ1v) is 10.9. The molecule has 0 radical (unpaired) electrons. The Balaban J connectivity index is 1.44. The smallest absolute Gasteiger partial charge is 0.351 e. The molecule has 0 N–H and O–H groups in total. The van der Waals surface area contributed by atoms with Gasteiger partial charge in [0.25, 0.3) is 0 Å². The number of hydrogen-bond acceptors (Lipinski definition) is 6. The first-order valence-electron chi connectivity index (χ1n) is 10.9. The quantitative estimate of drug-likeness (QED) is 0.321. The Morgan fingerprint density at radius 3 is 2.94 bits per heavy atom. The molecule has 0 bridgehead atoms. The lowest BCUT2D eigenvalue weighted by Gasteiger charge is -2.22. The Hall–Kier alpha value is -3.32. The van der Waals surface area contributed by atoms with Gasteiger partial charge in [0, 0.05) is 24.8 Å². The highest BCUT2D eigenvalue weighted by molar-refractivity contribution is 5.67. The van der Waals surface area contributed by atoms with E-state index in [1.165, 1.54) is 0 Å². The molecule has 1 fully saturated rings. The van der Waals surface area contributed by atoms with E-state index in [-0.39, 0.29) is 11.8 Å². The number of rotatable bonds is 10. The second kappa shape index (κ2) is 10.3. The van der Waals surface area contributed by atoms with Crippen LogP contribution >= 0.6 is 0 Å². The molecule has 2 aliphatic rings. The van der Waals surface area contributed by atoms with Crippen LogP contribution in [-0.4, -0.2) is 42.1 Å². The van der Waals surface area contributed by atoms with Crippen LogP contribution in [0.5, 0.6) is 11.6 Å². The summed E-state index contributed by atoms with van der Waals surface area (Å²) in [5.41, 5.74) is 2.63. The molecule has 0 saturated carbocycles. The third kappa shape index (κ3) is 5.11. The zero-order valence-corrected chi connectivity index (χ0v) is 18.1. The van der Waals surface area contributed by atoms with Gasteiger partial charge in [0.15, 0.2) is 0 Å². The number of aryl methyl sites for hydroxylation is 1. The van der Waals surface area contributed by atoms with Gasteiger partial charge in [0.2, 0.25) is 5.88 Å². The number of aromatic nitrogens is 2. The SMILES string of the molecule is C=C/C=C(\C=C)OCCOc1ccc2c(c1)CCn1c-2cc(OCC2CCCO2)nc1=O. The van der Waals surface area contributed by atoms with Crippen LogP contribution in [0, 0.1) is 0 Å². The maximum absolute atomic E-state index is 12.5. The molecule has 0 aliphatic carbocycles. The molecule has 32 heavy (non-hydrogen) atoms. The summed E-state index contributed by atoms with van der Waals surface area (Å²) in [5, 5.41) is 0. The normalized spacial score (nSPS) is 17.2. The summed E-state index contributed by atoms with van der Waals surface area (Å²) in [6.45, 7) is 9.90. The molecule has 2 aliphatic heterocycles. The third-order valence-corrected chi connectivity index (χ3v) is 5.49. The Morgan fingerprint density at radius 1 is 1.25 bits per heavy atom. The summed E-state index contributed by atoms with van der Waals surface area (Å²) in [7, 11) is 0. The number of ether oxygens (including phenoxy) is 4. The van der Waals surface area contributed by atoms with Gasteiger partial charge in [-0.2, -0.15) is 4.98 Å². The van der Waals surface area contributed by atoms with E-state index in [1.807, 2.05) is 24.3 Å². The Morgan fingerprint density at radius 2 is 2.16 bits per heavy atom. The highest BCUT2D eigenvalue weighted by Crippen LogP contribution is 2.32. The lowest BCUT2D eigenvalue weighted by molar-refractivity contribution is 0.0661. The van der Waals surface area contributed by atoms with Crippen LogP contribution in [0.4, 0.5) is 0 Å². The number of fused-ring (bicyclic) bond motifs is 3. The summed E-state index contributed by atoms with van der Waals surface area (Å²) >= 11 is 0. The minimum Gasteiger partial charge on any atom is -0.490 e. The van der Waals surface area contributed by atoms with Gasteiger partial charge >= 0.3 is 5.69 Å². The van der Waals surface area contributed by atoms with E-state index in [0.29, 0.717) is 38.0 Å². The molecule has 7 heteroatoms. The van der Waals surface area contributed by atoms with Crippen molar-refractivity contribution in [3.05, 3.63) is 77.5 Å². The van der Waals surface area contributed by atoms with Gasteiger partial charge in [-0.15, -0.1) is 0 Å². The van der Waals surface area contributed by atoms with E-state index in [4.69, 9.17) is 18.9 Å². The number of benzene rings is 1. The second-order valence-electron chi connectivity index (χ2n) is 7.63. The zero-order valence-electron chi connectivity index (χ0n) is 18.1. The molecular formula is C25H28N2O5. The summed E-state index contributed by atoms with van der Waals surface area (Å²) in [5.74, 6) is 1.76. The van der Waals surface area contributed by atoms with Crippen molar-refractivity contribution in [2.45, 2.75) is 31.9 Å². The molecule has 4 rings (SSSR count). The van der Waals surface area contributed by atoms with E-state index in [2.05, 4.69) is 18.1 Å². The molecule has 1 unspecified atom stereocenters. The fourth-order valence-corrected chi connectivity index (χ4v) is 3.91. The van der Waals surface area contributed by atoms with Crippen molar-refractivity contribution >= 4 is 0 Å². The van der Waals surface area contributed by atoms with Crippen molar-refractivity contribution in [1.82, 2.24) is 9.55 Å². The van der Waals surface area contributed by atoms with Gasteiger partial charge in [0.05, 0.1) is 11.8 Å². The number of nitrogens with zero attached hydrogens (tertiary/aromatic N) is 2. The lowest BCUT2D eigenvalue weighted by Crippen LogP contribution is -2.29. The largest absolute Gasteiger partial charge is 0.490 e. The second-order valence-corrected chi connectivity index (χ2v) is 7.63. The minimum atomic E-state index is -0.293. The van der Waals surface area contributed by atoms with Crippen molar-refractivity contribution in [2.24, 2.45) is 0 Å². The van der Waals surface area contributed by atoms with Crippen LogP contribution in [-0.2, 0) is 22.4 Å². The van der Waals surface area contributed by atoms with Gasteiger partial charge in [0.1, 0.15) is 31.3 Å². The fraction of sp³-hybridized carbons (Fsp3) is 0.360. The first-order chi connectivity index (χ1) is 15.7. The van der Waals surface area contributed by atoms with Gasteiger partial charge in [-0.1, -0.05) is 19.2 Å². The van der Waals surface area contributed by atoms with Crippen molar-refractivity contribution in [2.75, 3.05) is 26.4 Å². The molecular weight excluding hydrogens is 408 g/mol. The summed E-state index contributed by atoms with van der Waals surface area (Å²) in [6, 6.07) is 7.74. The van der Waals surface area contributed by atoms with Crippen LogP contribution in [0.3, 0.4) is 0 Å². The van der Waals surface area contributed by atoms with E-state index >= 15 is 0 Å². The maximum atomic E-state index is 12.5. The van der Waals surface area contributed by atoms with Crippen molar-refractivity contribution in [3.63, 3.8) is 0 Å². The monoisotopic (exact) mass is 436 g/mol. The average molecular weight is 437 g/mol. The number of hydrogen-bond donors (Lipinski definition) is 0. The summed E-state index contributed by atoms with van der Waals surface area (Å²) in [4.78, 5) is 16.6. The van der Waals surface area contributed by atoms with Gasteiger partial charge in [-0.25, -0.2) is 4.79 Å². The molecule has 168 valence electrons. The van der Waals surface area contributed by atoms with Gasteiger partial charge < -0.3 is 18.9 Å². The highest BCUT2D eigenvalue weighted by atomic mass is 16.5. The Kier molecular flexibility index (Phi) is 7.07. The molecule has 0 amide bonds.